The molecule has 2 amide bonds. The molecule has 8 nitrogen and oxygen atoms in total. The summed E-state index contributed by atoms with van der Waals surface area (Å²) in [6.07, 6.45) is 4.75. The smallest absolute Gasteiger partial charge is 0.317 e. The third-order valence-electron chi connectivity index (χ3n) is 4.64. The lowest BCUT2D eigenvalue weighted by molar-refractivity contribution is 0.0999. The van der Waals surface area contributed by atoms with Gasteiger partial charge in [0.15, 0.2) is 5.82 Å². The fraction of sp³-hybridized carbons (Fsp3) is 0.588. The molecule has 2 aromatic rings. The van der Waals surface area contributed by atoms with Gasteiger partial charge in [-0.2, -0.15) is 4.98 Å². The van der Waals surface area contributed by atoms with Gasteiger partial charge in [-0.25, -0.2) is 4.79 Å². The van der Waals surface area contributed by atoms with Crippen molar-refractivity contribution >= 4 is 6.03 Å². The number of carbonyl (C=O) groups excluding carboxylic acids is 1. The maximum Gasteiger partial charge on any atom is 0.317 e. The number of piperazine rings is 1. The Morgan fingerprint density at radius 1 is 1.36 bits per heavy atom. The Balaban J connectivity index is 1.46. The zero-order valence-corrected chi connectivity index (χ0v) is 15.1. The van der Waals surface area contributed by atoms with Crippen molar-refractivity contribution in [3.8, 4) is 0 Å². The zero-order valence-electron chi connectivity index (χ0n) is 15.1. The molecule has 3 rings (SSSR count). The van der Waals surface area contributed by atoms with E-state index in [-0.39, 0.29) is 12.1 Å². The van der Waals surface area contributed by atoms with Crippen LogP contribution in [0.15, 0.2) is 23.0 Å². The molecule has 1 aliphatic heterocycles. The maximum atomic E-state index is 12.3. The van der Waals surface area contributed by atoms with E-state index in [1.54, 1.807) is 0 Å². The topological polar surface area (TPSA) is 79.4 Å². The van der Waals surface area contributed by atoms with Gasteiger partial charge in [0.2, 0.25) is 5.89 Å². The average Bonchev–Trinajstić information content (AvgIpc) is 3.28. The molecule has 25 heavy (non-hydrogen) atoms. The van der Waals surface area contributed by atoms with Crippen molar-refractivity contribution < 1.29 is 9.32 Å². The van der Waals surface area contributed by atoms with E-state index in [2.05, 4.69) is 27.3 Å². The number of carbonyl (C=O) groups is 1. The van der Waals surface area contributed by atoms with Crippen LogP contribution in [0.25, 0.3) is 0 Å². The summed E-state index contributed by atoms with van der Waals surface area (Å²) in [4.78, 5) is 20.9. The molecule has 0 aromatic carbocycles. The van der Waals surface area contributed by atoms with Crippen LogP contribution in [-0.2, 0) is 20.0 Å². The van der Waals surface area contributed by atoms with E-state index >= 15 is 0 Å². The van der Waals surface area contributed by atoms with E-state index in [9.17, 15) is 4.79 Å². The van der Waals surface area contributed by atoms with Crippen molar-refractivity contribution in [2.45, 2.75) is 32.9 Å². The average molecular weight is 346 g/mol. The van der Waals surface area contributed by atoms with Crippen LogP contribution in [0, 0.1) is 0 Å². The highest BCUT2D eigenvalue weighted by molar-refractivity contribution is 5.74. The minimum absolute atomic E-state index is 0.0118. The van der Waals surface area contributed by atoms with Gasteiger partial charge in [0.25, 0.3) is 0 Å². The minimum atomic E-state index is -0.0118. The van der Waals surface area contributed by atoms with Crippen LogP contribution in [0.5, 0.6) is 0 Å². The second-order valence-electron chi connectivity index (χ2n) is 6.45. The molecule has 1 unspecified atom stereocenters. The van der Waals surface area contributed by atoms with Crippen LogP contribution in [0.2, 0.25) is 0 Å². The molecule has 1 aliphatic rings. The number of urea groups is 1. The third-order valence-corrected chi connectivity index (χ3v) is 4.64. The van der Waals surface area contributed by atoms with E-state index in [4.69, 9.17) is 4.52 Å². The molecule has 136 valence electrons. The first-order valence-corrected chi connectivity index (χ1v) is 8.77. The van der Waals surface area contributed by atoms with Gasteiger partial charge >= 0.3 is 6.03 Å². The van der Waals surface area contributed by atoms with E-state index in [1.807, 2.05) is 41.9 Å². The van der Waals surface area contributed by atoms with E-state index < -0.39 is 0 Å². The van der Waals surface area contributed by atoms with Crippen LogP contribution in [-0.4, -0.2) is 56.7 Å². The molecule has 1 N–H and O–H groups in total. The van der Waals surface area contributed by atoms with Crippen LogP contribution >= 0.6 is 0 Å². The van der Waals surface area contributed by atoms with E-state index in [0.717, 1.165) is 30.9 Å². The molecule has 8 heteroatoms. The molecule has 1 saturated heterocycles. The van der Waals surface area contributed by atoms with Crippen molar-refractivity contribution in [2.24, 2.45) is 7.05 Å². The lowest BCUT2D eigenvalue weighted by atomic mass is 10.2. The van der Waals surface area contributed by atoms with Crippen LogP contribution in [0.1, 0.15) is 37.2 Å². The summed E-state index contributed by atoms with van der Waals surface area (Å²) in [7, 11) is 1.97. The standard InChI is InChI=1S/C17H26N6O2/c1-4-15-19-16(25-20-15)13(2)22-7-9-23(10-8-22)17(24)18-11-14-5-6-21(3)12-14/h5-6,12-13H,4,7-11H2,1-3H3,(H,18,24). The number of nitrogens with zero attached hydrogens (tertiary/aromatic N) is 5. The zero-order chi connectivity index (χ0) is 17.8. The van der Waals surface area contributed by atoms with Gasteiger partial charge in [0.1, 0.15) is 0 Å². The highest BCUT2D eigenvalue weighted by Gasteiger charge is 2.27. The first-order chi connectivity index (χ1) is 12.1. The van der Waals surface area contributed by atoms with Crippen LogP contribution in [0.3, 0.4) is 0 Å². The number of hydrogen-bond donors (Lipinski definition) is 1. The Labute approximate surface area is 147 Å². The monoisotopic (exact) mass is 346 g/mol. The Kier molecular flexibility index (Phi) is 5.37. The molecule has 0 radical (unpaired) electrons. The molecule has 0 spiro atoms. The molecular weight excluding hydrogens is 320 g/mol. The van der Waals surface area contributed by atoms with Gasteiger partial charge in [-0.05, 0) is 18.6 Å². The first-order valence-electron chi connectivity index (χ1n) is 8.77. The fourth-order valence-corrected chi connectivity index (χ4v) is 3.00. The summed E-state index contributed by atoms with van der Waals surface area (Å²) in [5.41, 5.74) is 1.10. The second kappa shape index (κ2) is 7.69. The molecule has 2 aromatic heterocycles. The number of amides is 2. The molecule has 0 bridgehead atoms. The maximum absolute atomic E-state index is 12.3. The van der Waals surface area contributed by atoms with E-state index in [0.29, 0.717) is 25.5 Å². The van der Waals surface area contributed by atoms with Crippen molar-refractivity contribution in [1.29, 1.82) is 0 Å². The minimum Gasteiger partial charge on any atom is -0.357 e. The Morgan fingerprint density at radius 2 is 2.12 bits per heavy atom. The normalized spacial score (nSPS) is 16.8. The third kappa shape index (κ3) is 4.19. The van der Waals surface area contributed by atoms with Gasteiger partial charge in [-0.3, -0.25) is 4.90 Å². The highest BCUT2D eigenvalue weighted by atomic mass is 16.5. The first kappa shape index (κ1) is 17.5. The Bertz CT molecular complexity index is 702. The number of hydrogen-bond acceptors (Lipinski definition) is 5. The second-order valence-corrected chi connectivity index (χ2v) is 6.45. The Hall–Kier alpha value is -2.35. The summed E-state index contributed by atoms with van der Waals surface area (Å²) >= 11 is 0. The summed E-state index contributed by atoms with van der Waals surface area (Å²) in [5, 5.41) is 6.94. The summed E-state index contributed by atoms with van der Waals surface area (Å²) in [6, 6.07) is 2.07. The summed E-state index contributed by atoms with van der Waals surface area (Å²) in [5.74, 6) is 1.39. The largest absolute Gasteiger partial charge is 0.357 e. The number of aryl methyl sites for hydroxylation is 2. The Morgan fingerprint density at radius 3 is 2.72 bits per heavy atom. The van der Waals surface area contributed by atoms with Crippen LogP contribution < -0.4 is 5.32 Å². The van der Waals surface area contributed by atoms with Gasteiger partial charge in [0.05, 0.1) is 6.04 Å². The molecule has 0 saturated carbocycles. The predicted octanol–water partition coefficient (Wildman–Crippen LogP) is 1.56. The quantitative estimate of drug-likeness (QED) is 0.889. The SMILES string of the molecule is CCc1noc(C(C)N2CCN(C(=O)NCc3ccn(C)c3)CC2)n1. The summed E-state index contributed by atoms with van der Waals surface area (Å²) < 4.78 is 7.31. The van der Waals surface area contributed by atoms with Crippen molar-refractivity contribution in [3.05, 3.63) is 35.7 Å². The van der Waals surface area contributed by atoms with Crippen molar-refractivity contribution in [3.63, 3.8) is 0 Å². The van der Waals surface area contributed by atoms with Crippen molar-refractivity contribution in [2.75, 3.05) is 26.2 Å². The molecule has 3 heterocycles. The van der Waals surface area contributed by atoms with E-state index in [1.165, 1.54) is 0 Å². The van der Waals surface area contributed by atoms with Crippen LogP contribution in [0.4, 0.5) is 4.79 Å². The lowest BCUT2D eigenvalue weighted by Crippen LogP contribution is -2.52. The lowest BCUT2D eigenvalue weighted by Gasteiger charge is -2.36. The highest BCUT2D eigenvalue weighted by Crippen LogP contribution is 2.20. The predicted molar refractivity (Wildman–Crippen MR) is 92.9 cm³/mol. The van der Waals surface area contributed by atoms with Gasteiger partial charge in [-0.1, -0.05) is 12.1 Å². The van der Waals surface area contributed by atoms with Gasteiger partial charge in [0, 0.05) is 58.6 Å². The summed E-state index contributed by atoms with van der Waals surface area (Å²) in [6.45, 7) is 7.61. The number of aromatic nitrogens is 3. The van der Waals surface area contributed by atoms with Gasteiger partial charge in [-0.15, -0.1) is 0 Å². The molecule has 1 atom stereocenters. The molecular formula is C17H26N6O2. The number of rotatable bonds is 5. The fourth-order valence-electron chi connectivity index (χ4n) is 3.00. The van der Waals surface area contributed by atoms with Crippen molar-refractivity contribution in [1.82, 2.24) is 29.8 Å². The molecule has 0 aliphatic carbocycles. The van der Waals surface area contributed by atoms with Gasteiger partial charge < -0.3 is 19.3 Å². The number of nitrogens with one attached hydrogen (secondary N) is 1. The molecule has 1 fully saturated rings.